The highest BCUT2D eigenvalue weighted by atomic mass is 35.5. The van der Waals surface area contributed by atoms with Crippen LogP contribution in [0.25, 0.3) is 0 Å². The number of nitrogens with zero attached hydrogens (tertiary/aromatic N) is 2. The molecule has 1 heterocycles. The Morgan fingerprint density at radius 1 is 0.933 bits per heavy atom. The Balaban J connectivity index is 1.77. The lowest BCUT2D eigenvalue weighted by Crippen LogP contribution is -2.54. The van der Waals surface area contributed by atoms with Crippen LogP contribution in [-0.4, -0.2) is 17.9 Å². The predicted octanol–water partition coefficient (Wildman–Crippen LogP) is 5.71. The molecule has 0 fully saturated rings. The summed E-state index contributed by atoms with van der Waals surface area (Å²) in [5.41, 5.74) is 2.09. The largest absolute Gasteiger partial charge is 0.304 e. The van der Waals surface area contributed by atoms with E-state index in [0.29, 0.717) is 32.5 Å². The van der Waals surface area contributed by atoms with Gasteiger partial charge in [0.05, 0.1) is 17.9 Å². The van der Waals surface area contributed by atoms with Gasteiger partial charge in [0.2, 0.25) is 5.91 Å². The summed E-state index contributed by atoms with van der Waals surface area (Å²) in [6, 6.07) is 16.8. The first-order chi connectivity index (χ1) is 14.4. The first-order valence-corrected chi connectivity index (χ1v) is 10.1. The number of anilines is 2. The zero-order valence-corrected chi connectivity index (χ0v) is 17.5. The molecule has 3 aromatic rings. The lowest BCUT2D eigenvalue weighted by Gasteiger charge is -2.40. The van der Waals surface area contributed by atoms with Crippen LogP contribution in [0.3, 0.4) is 0 Å². The molecule has 2 amide bonds. The molecule has 1 aliphatic heterocycles. The molecule has 7 heteroatoms. The third-order valence-corrected chi connectivity index (χ3v) is 5.84. The third kappa shape index (κ3) is 3.55. The second kappa shape index (κ2) is 8.09. The first-order valence-electron chi connectivity index (χ1n) is 9.31. The Morgan fingerprint density at radius 3 is 2.17 bits per heavy atom. The lowest BCUT2D eigenvalue weighted by atomic mass is 10.0. The lowest BCUT2D eigenvalue weighted by molar-refractivity contribution is -0.119. The molecular formula is C23H17Cl2FN2O2. The number of carbonyl (C=O) groups is 2. The van der Waals surface area contributed by atoms with Crippen LogP contribution in [0.15, 0.2) is 66.7 Å². The van der Waals surface area contributed by atoms with Crippen LogP contribution in [0.2, 0.25) is 10.0 Å². The van der Waals surface area contributed by atoms with Crippen molar-refractivity contribution in [2.75, 3.05) is 9.80 Å². The number of amides is 2. The van der Waals surface area contributed by atoms with E-state index in [4.69, 9.17) is 23.2 Å². The number of para-hydroxylation sites is 2. The summed E-state index contributed by atoms with van der Waals surface area (Å²) in [6.07, 6.45) is 0. The van der Waals surface area contributed by atoms with Crippen LogP contribution < -0.4 is 9.80 Å². The molecule has 0 aliphatic carbocycles. The molecule has 0 bridgehead atoms. The van der Waals surface area contributed by atoms with Crippen molar-refractivity contribution in [2.24, 2.45) is 0 Å². The van der Waals surface area contributed by atoms with E-state index < -0.39 is 11.9 Å². The number of halogens is 3. The molecule has 152 valence electrons. The Morgan fingerprint density at radius 2 is 1.53 bits per heavy atom. The van der Waals surface area contributed by atoms with Crippen molar-refractivity contribution in [1.29, 1.82) is 0 Å². The number of benzene rings is 3. The molecule has 0 spiro atoms. The average Bonchev–Trinajstić information content (AvgIpc) is 2.74. The normalized spacial score (nSPS) is 15.9. The van der Waals surface area contributed by atoms with Gasteiger partial charge in [-0.3, -0.25) is 14.5 Å². The van der Waals surface area contributed by atoms with Gasteiger partial charge in [0.1, 0.15) is 11.9 Å². The molecule has 0 N–H and O–H groups in total. The SMILES string of the molecule is C[C@H]1C(=O)N(Cc2c(Cl)cccc2Cl)c2ccccc2N1C(=O)c1ccc(F)cc1. The van der Waals surface area contributed by atoms with E-state index in [0.717, 1.165) is 0 Å². The molecule has 1 aliphatic rings. The van der Waals surface area contributed by atoms with Crippen molar-refractivity contribution in [3.63, 3.8) is 0 Å². The number of fused-ring (bicyclic) bond motifs is 1. The van der Waals surface area contributed by atoms with Gasteiger partial charge in [0.15, 0.2) is 0 Å². The molecule has 0 saturated carbocycles. The van der Waals surface area contributed by atoms with Crippen molar-refractivity contribution in [3.05, 3.63) is 93.7 Å². The molecule has 0 unspecified atom stereocenters. The summed E-state index contributed by atoms with van der Waals surface area (Å²) in [5, 5.41) is 0.926. The standard InChI is InChI=1S/C23H17Cl2FN2O2/c1-14-22(29)27(13-17-18(24)5-4-6-19(17)25)20-7-2-3-8-21(20)28(14)23(30)15-9-11-16(26)12-10-15/h2-12,14H,13H2,1H3/t14-/m0/s1. The van der Waals surface area contributed by atoms with Gasteiger partial charge in [-0.2, -0.15) is 0 Å². The predicted molar refractivity (Wildman–Crippen MR) is 117 cm³/mol. The number of hydrogen-bond acceptors (Lipinski definition) is 2. The van der Waals surface area contributed by atoms with E-state index in [1.165, 1.54) is 29.2 Å². The molecule has 1 atom stereocenters. The fraction of sp³-hybridized carbons (Fsp3) is 0.130. The van der Waals surface area contributed by atoms with E-state index in [2.05, 4.69) is 0 Å². The van der Waals surface area contributed by atoms with E-state index in [9.17, 15) is 14.0 Å². The van der Waals surface area contributed by atoms with E-state index in [-0.39, 0.29) is 18.4 Å². The number of hydrogen-bond donors (Lipinski definition) is 0. The fourth-order valence-electron chi connectivity index (χ4n) is 3.58. The van der Waals surface area contributed by atoms with Crippen molar-refractivity contribution >= 4 is 46.4 Å². The highest BCUT2D eigenvalue weighted by molar-refractivity contribution is 6.36. The molecule has 0 aromatic heterocycles. The fourth-order valence-corrected chi connectivity index (χ4v) is 4.10. The third-order valence-electron chi connectivity index (χ3n) is 5.13. The maximum absolute atomic E-state index is 13.3. The van der Waals surface area contributed by atoms with Crippen molar-refractivity contribution in [2.45, 2.75) is 19.5 Å². The summed E-state index contributed by atoms with van der Waals surface area (Å²) in [7, 11) is 0. The summed E-state index contributed by atoms with van der Waals surface area (Å²) in [5.74, 6) is -1.07. The van der Waals surface area contributed by atoms with Crippen molar-refractivity contribution < 1.29 is 14.0 Å². The molecule has 4 rings (SSSR count). The van der Waals surface area contributed by atoms with Crippen molar-refractivity contribution in [3.8, 4) is 0 Å². The van der Waals surface area contributed by atoms with Crippen LogP contribution >= 0.6 is 23.2 Å². The molecule has 30 heavy (non-hydrogen) atoms. The Labute approximate surface area is 183 Å². The van der Waals surface area contributed by atoms with E-state index in [1.54, 1.807) is 54.3 Å². The van der Waals surface area contributed by atoms with Crippen LogP contribution in [0.1, 0.15) is 22.8 Å². The van der Waals surface area contributed by atoms with Gasteiger partial charge in [-0.05, 0) is 55.5 Å². The minimum absolute atomic E-state index is 0.178. The zero-order chi connectivity index (χ0) is 21.4. The van der Waals surface area contributed by atoms with E-state index in [1.807, 2.05) is 0 Å². The van der Waals surface area contributed by atoms with Gasteiger partial charge in [-0.1, -0.05) is 41.4 Å². The smallest absolute Gasteiger partial charge is 0.259 e. The maximum Gasteiger partial charge on any atom is 0.259 e. The van der Waals surface area contributed by atoms with E-state index >= 15 is 0 Å². The monoisotopic (exact) mass is 442 g/mol. The zero-order valence-electron chi connectivity index (χ0n) is 16.0. The number of carbonyl (C=O) groups excluding carboxylic acids is 2. The van der Waals surface area contributed by atoms with Crippen LogP contribution in [0, 0.1) is 5.82 Å². The Bertz CT molecular complexity index is 1110. The summed E-state index contributed by atoms with van der Waals surface area (Å²) >= 11 is 12.6. The van der Waals surface area contributed by atoms with Crippen LogP contribution in [0.5, 0.6) is 0 Å². The van der Waals surface area contributed by atoms with Gasteiger partial charge in [0.25, 0.3) is 5.91 Å². The molecular weight excluding hydrogens is 426 g/mol. The number of rotatable bonds is 3. The molecule has 0 saturated heterocycles. The molecule has 4 nitrogen and oxygen atoms in total. The first kappa shape index (κ1) is 20.4. The summed E-state index contributed by atoms with van der Waals surface area (Å²) < 4.78 is 13.3. The maximum atomic E-state index is 13.3. The van der Waals surface area contributed by atoms with Crippen LogP contribution in [-0.2, 0) is 11.3 Å². The van der Waals surface area contributed by atoms with Gasteiger partial charge in [-0.15, -0.1) is 0 Å². The highest BCUT2D eigenvalue weighted by Crippen LogP contribution is 2.39. The van der Waals surface area contributed by atoms with Crippen molar-refractivity contribution in [1.82, 2.24) is 0 Å². The quantitative estimate of drug-likeness (QED) is 0.520. The van der Waals surface area contributed by atoms with Gasteiger partial charge in [0, 0.05) is 21.2 Å². The average molecular weight is 443 g/mol. The second-order valence-corrected chi connectivity index (χ2v) is 7.79. The molecule has 0 radical (unpaired) electrons. The van der Waals surface area contributed by atoms with Gasteiger partial charge in [-0.25, -0.2) is 4.39 Å². The highest BCUT2D eigenvalue weighted by Gasteiger charge is 2.39. The minimum atomic E-state index is -0.765. The van der Waals surface area contributed by atoms with Crippen LogP contribution in [0.4, 0.5) is 15.8 Å². The Hall–Kier alpha value is -2.89. The topological polar surface area (TPSA) is 40.6 Å². The molecule has 3 aromatic carbocycles. The Kier molecular flexibility index (Phi) is 5.50. The second-order valence-electron chi connectivity index (χ2n) is 6.97. The van der Waals surface area contributed by atoms with Gasteiger partial charge < -0.3 is 4.90 Å². The summed E-state index contributed by atoms with van der Waals surface area (Å²) in [4.78, 5) is 29.5. The van der Waals surface area contributed by atoms with Gasteiger partial charge >= 0.3 is 0 Å². The summed E-state index contributed by atoms with van der Waals surface area (Å²) in [6.45, 7) is 1.85. The minimum Gasteiger partial charge on any atom is -0.304 e.